The van der Waals surface area contributed by atoms with Crippen LogP contribution in [0.2, 0.25) is 0 Å². The summed E-state index contributed by atoms with van der Waals surface area (Å²) in [5.74, 6) is 0. The number of hydrogen-bond donors (Lipinski definition) is 2. The lowest BCUT2D eigenvalue weighted by Crippen LogP contribution is -2.16. The highest BCUT2D eigenvalue weighted by atomic mass is 32.2. The molecule has 0 saturated heterocycles. The number of hydrogen-bond acceptors (Lipinski definition) is 5. The molecule has 3 rings (SSSR count). The van der Waals surface area contributed by atoms with Gasteiger partial charge in [0.2, 0.25) is 0 Å². The molecule has 2 aromatic heterocycles. The van der Waals surface area contributed by atoms with Crippen molar-refractivity contribution in [1.82, 2.24) is 19.7 Å². The third-order valence-corrected chi connectivity index (χ3v) is 3.97. The Hall–Kier alpha value is -1.60. The molecule has 1 aliphatic rings. The van der Waals surface area contributed by atoms with Crippen molar-refractivity contribution in [2.75, 3.05) is 0 Å². The minimum Gasteiger partial charge on any atom is -0.324 e. The number of pyridine rings is 1. The molecule has 1 fully saturated rings. The molecule has 1 aliphatic carbocycles. The van der Waals surface area contributed by atoms with E-state index in [1.807, 2.05) is 19.1 Å². The van der Waals surface area contributed by atoms with E-state index < -0.39 is 0 Å². The Morgan fingerprint density at radius 2 is 2.37 bits per heavy atom. The Bertz CT molecular complexity index is 644. The molecule has 3 N–H and O–H groups in total. The first kappa shape index (κ1) is 12.4. The highest BCUT2D eigenvalue weighted by Gasteiger charge is 2.28. The molecular weight excluding hydrogens is 262 g/mol. The second kappa shape index (κ2) is 4.82. The Balaban J connectivity index is 1.89. The lowest BCUT2D eigenvalue weighted by molar-refractivity contribution is 0.642. The average Bonchev–Trinajstić information content (AvgIpc) is 3.15. The van der Waals surface area contributed by atoms with E-state index in [0.29, 0.717) is 11.2 Å². The first-order valence-electron chi connectivity index (χ1n) is 6.21. The van der Waals surface area contributed by atoms with E-state index in [9.17, 15) is 4.79 Å². The molecule has 100 valence electrons. The fraction of sp³-hybridized carbons (Fsp3) is 0.417. The van der Waals surface area contributed by atoms with Crippen molar-refractivity contribution in [3.8, 4) is 0 Å². The fourth-order valence-electron chi connectivity index (χ4n) is 1.87. The molecule has 19 heavy (non-hydrogen) atoms. The number of nitrogens with one attached hydrogen (secondary N) is 1. The lowest BCUT2D eigenvalue weighted by atomic mass is 10.1. The predicted molar refractivity (Wildman–Crippen MR) is 72.1 cm³/mol. The number of aromatic amines is 1. The van der Waals surface area contributed by atoms with Gasteiger partial charge in [-0.05, 0) is 49.2 Å². The highest BCUT2D eigenvalue weighted by molar-refractivity contribution is 7.99. The van der Waals surface area contributed by atoms with Crippen molar-refractivity contribution in [3.05, 3.63) is 34.4 Å². The third kappa shape index (κ3) is 2.57. The van der Waals surface area contributed by atoms with Crippen LogP contribution in [0.15, 0.2) is 33.3 Å². The zero-order valence-corrected chi connectivity index (χ0v) is 11.4. The Labute approximate surface area is 114 Å². The maximum Gasteiger partial charge on any atom is 0.344 e. The molecule has 0 radical (unpaired) electrons. The zero-order valence-electron chi connectivity index (χ0n) is 10.5. The number of aromatic nitrogens is 4. The van der Waals surface area contributed by atoms with Crippen LogP contribution >= 0.6 is 11.8 Å². The van der Waals surface area contributed by atoms with Crippen molar-refractivity contribution in [3.63, 3.8) is 0 Å². The predicted octanol–water partition coefficient (Wildman–Crippen LogP) is 1.47. The first-order valence-corrected chi connectivity index (χ1v) is 7.03. The quantitative estimate of drug-likeness (QED) is 0.883. The van der Waals surface area contributed by atoms with Crippen molar-refractivity contribution in [2.24, 2.45) is 5.73 Å². The van der Waals surface area contributed by atoms with Crippen molar-refractivity contribution < 1.29 is 0 Å². The first-order chi connectivity index (χ1) is 9.15. The summed E-state index contributed by atoms with van der Waals surface area (Å²) in [6.07, 6.45) is 3.81. The summed E-state index contributed by atoms with van der Waals surface area (Å²) in [4.78, 5) is 16.0. The van der Waals surface area contributed by atoms with Crippen LogP contribution in [0.1, 0.15) is 37.4 Å². The van der Waals surface area contributed by atoms with Crippen molar-refractivity contribution >= 4 is 11.8 Å². The molecule has 2 heterocycles. The Kier molecular flexibility index (Phi) is 3.16. The van der Waals surface area contributed by atoms with Gasteiger partial charge in [0.25, 0.3) is 0 Å². The third-order valence-electron chi connectivity index (χ3n) is 3.06. The summed E-state index contributed by atoms with van der Waals surface area (Å²) in [7, 11) is 0. The molecule has 2 aromatic rings. The minimum atomic E-state index is -0.145. The van der Waals surface area contributed by atoms with Gasteiger partial charge >= 0.3 is 5.69 Å². The molecular formula is C12H15N5OS. The fourth-order valence-corrected chi connectivity index (χ4v) is 2.79. The van der Waals surface area contributed by atoms with Gasteiger partial charge in [0.1, 0.15) is 5.03 Å². The van der Waals surface area contributed by atoms with Crippen molar-refractivity contribution in [2.45, 2.75) is 42.0 Å². The summed E-state index contributed by atoms with van der Waals surface area (Å²) in [6, 6.07) is 4.09. The number of H-pyrrole nitrogens is 1. The van der Waals surface area contributed by atoms with Crippen LogP contribution in [0, 0.1) is 0 Å². The summed E-state index contributed by atoms with van der Waals surface area (Å²) in [5.41, 5.74) is 6.73. The van der Waals surface area contributed by atoms with Crippen LogP contribution in [0.4, 0.5) is 0 Å². The molecule has 1 unspecified atom stereocenters. The van der Waals surface area contributed by atoms with Crippen LogP contribution in [-0.2, 0) is 0 Å². The molecule has 0 amide bonds. The monoisotopic (exact) mass is 277 g/mol. The van der Waals surface area contributed by atoms with Gasteiger partial charge in [0, 0.05) is 18.3 Å². The van der Waals surface area contributed by atoms with Gasteiger partial charge < -0.3 is 5.73 Å². The van der Waals surface area contributed by atoms with Gasteiger partial charge in [-0.15, -0.1) is 5.10 Å². The topological polar surface area (TPSA) is 89.6 Å². The van der Waals surface area contributed by atoms with Gasteiger partial charge in [0.05, 0.1) is 0 Å². The number of nitrogens with zero attached hydrogens (tertiary/aromatic N) is 3. The molecule has 0 spiro atoms. The summed E-state index contributed by atoms with van der Waals surface area (Å²) >= 11 is 1.39. The second-order valence-corrected chi connectivity index (χ2v) is 5.72. The van der Waals surface area contributed by atoms with Gasteiger partial charge in [0.15, 0.2) is 5.16 Å². The molecule has 0 bridgehead atoms. The number of rotatable bonds is 4. The Morgan fingerprint density at radius 3 is 3.05 bits per heavy atom. The van der Waals surface area contributed by atoms with Crippen LogP contribution in [0.5, 0.6) is 0 Å². The number of nitrogens with two attached hydrogens (primary N) is 1. The van der Waals surface area contributed by atoms with Gasteiger partial charge in [-0.25, -0.2) is 14.9 Å². The van der Waals surface area contributed by atoms with E-state index in [1.165, 1.54) is 11.8 Å². The molecule has 0 aromatic carbocycles. The van der Waals surface area contributed by atoms with E-state index in [1.54, 1.807) is 10.8 Å². The molecule has 0 aliphatic heterocycles. The molecule has 6 nitrogen and oxygen atoms in total. The molecule has 7 heteroatoms. The van der Waals surface area contributed by atoms with Gasteiger partial charge in [-0.1, -0.05) is 0 Å². The SMILES string of the molecule is CC(N)c1ccnc(Sc2n[nH]c(=O)n2C2CC2)c1. The van der Waals surface area contributed by atoms with E-state index in [4.69, 9.17) is 5.73 Å². The zero-order chi connectivity index (χ0) is 13.4. The maximum absolute atomic E-state index is 11.7. The Morgan fingerprint density at radius 1 is 1.58 bits per heavy atom. The summed E-state index contributed by atoms with van der Waals surface area (Å²) in [5, 5.41) is 8.03. The van der Waals surface area contributed by atoms with Gasteiger partial charge in [-0.2, -0.15) is 0 Å². The summed E-state index contributed by atoms with van der Waals surface area (Å²) < 4.78 is 1.71. The van der Waals surface area contributed by atoms with E-state index in [-0.39, 0.29) is 11.7 Å². The summed E-state index contributed by atoms with van der Waals surface area (Å²) in [6.45, 7) is 1.93. The van der Waals surface area contributed by atoms with Gasteiger partial charge in [-0.3, -0.25) is 4.57 Å². The van der Waals surface area contributed by atoms with Crippen LogP contribution in [0.25, 0.3) is 0 Å². The van der Waals surface area contributed by atoms with Crippen molar-refractivity contribution in [1.29, 1.82) is 0 Å². The molecule has 1 saturated carbocycles. The largest absolute Gasteiger partial charge is 0.344 e. The van der Waals surface area contributed by atoms with E-state index in [0.717, 1.165) is 23.4 Å². The normalized spacial score (nSPS) is 16.5. The van der Waals surface area contributed by atoms with E-state index in [2.05, 4.69) is 15.2 Å². The smallest absolute Gasteiger partial charge is 0.324 e. The molecule has 1 atom stereocenters. The minimum absolute atomic E-state index is 0.0350. The van der Waals surface area contributed by atoms with Crippen LogP contribution in [0.3, 0.4) is 0 Å². The van der Waals surface area contributed by atoms with E-state index >= 15 is 0 Å². The second-order valence-electron chi connectivity index (χ2n) is 4.73. The maximum atomic E-state index is 11.7. The highest BCUT2D eigenvalue weighted by Crippen LogP contribution is 2.37. The lowest BCUT2D eigenvalue weighted by Gasteiger charge is -2.07. The standard InChI is InChI=1S/C12H15N5OS/c1-7(13)8-4-5-14-10(6-8)19-12-16-15-11(18)17(12)9-2-3-9/h4-7,9H,2-3,13H2,1H3,(H,15,18). The van der Waals surface area contributed by atoms with Crippen LogP contribution < -0.4 is 11.4 Å². The average molecular weight is 277 g/mol. The van der Waals surface area contributed by atoms with Crippen LogP contribution in [-0.4, -0.2) is 19.7 Å².